The topological polar surface area (TPSA) is 278 Å². The molecule has 4 heterocycles. The second-order valence-corrected chi connectivity index (χ2v) is 11.3. The third-order valence-corrected chi connectivity index (χ3v) is 8.11. The maximum absolute atomic E-state index is 12.8. The molecule has 0 aliphatic carbocycles. The van der Waals surface area contributed by atoms with Crippen LogP contribution in [0, 0.1) is 0 Å². The molecule has 0 saturated carbocycles. The number of benzene rings is 2. The number of hydrogen-bond acceptors (Lipinski definition) is 18. The van der Waals surface area contributed by atoms with E-state index in [-0.39, 0.29) is 45.3 Å². The van der Waals surface area contributed by atoms with E-state index < -0.39 is 85.9 Å². The molecule has 6 rings (SSSR count). The monoisotopic (exact) mass is 692 g/mol. The molecule has 0 spiro atoms. The summed E-state index contributed by atoms with van der Waals surface area (Å²) in [7, 11) is 1.33. The number of aliphatic hydroxyl groups excluding tert-OH is 7. The molecule has 2 aromatic heterocycles. The van der Waals surface area contributed by atoms with Crippen LogP contribution in [-0.4, -0.2) is 123 Å². The van der Waals surface area contributed by atoms with Crippen LogP contribution in [-0.2, 0) is 14.2 Å². The Bertz CT molecular complexity index is 1920. The van der Waals surface area contributed by atoms with Crippen LogP contribution < -0.4 is 25.5 Å². The van der Waals surface area contributed by atoms with Gasteiger partial charge in [-0.25, -0.2) is 9.59 Å². The third-order valence-electron chi connectivity index (χ3n) is 8.11. The molecule has 18 nitrogen and oxygen atoms in total. The molecule has 2 saturated heterocycles. The molecule has 8 N–H and O–H groups in total. The molecule has 10 atom stereocenters. The predicted octanol–water partition coefficient (Wildman–Crippen LogP) is -1.59. The molecule has 2 fully saturated rings. The summed E-state index contributed by atoms with van der Waals surface area (Å²) in [5.74, 6) is -0.785. The summed E-state index contributed by atoms with van der Waals surface area (Å²) in [5.41, 5.74) is -1.77. The Labute approximate surface area is 274 Å². The van der Waals surface area contributed by atoms with E-state index in [9.17, 15) is 50.4 Å². The van der Waals surface area contributed by atoms with Crippen molar-refractivity contribution in [2.24, 2.45) is 0 Å². The zero-order chi connectivity index (χ0) is 35.1. The minimum absolute atomic E-state index is 0.0308. The summed E-state index contributed by atoms with van der Waals surface area (Å²) in [5, 5.41) is 82.4. The second kappa shape index (κ2) is 13.9. The minimum atomic E-state index is -1.90. The third kappa shape index (κ3) is 6.66. The number of aromatic hydroxyl groups is 1. The van der Waals surface area contributed by atoms with E-state index in [1.807, 2.05) is 0 Å². The van der Waals surface area contributed by atoms with Gasteiger partial charge < -0.3 is 78.1 Å². The van der Waals surface area contributed by atoms with Crippen LogP contribution in [0.25, 0.3) is 21.9 Å². The van der Waals surface area contributed by atoms with Crippen molar-refractivity contribution in [1.29, 1.82) is 0 Å². The molecule has 18 heteroatoms. The fourth-order valence-corrected chi connectivity index (χ4v) is 5.51. The highest BCUT2D eigenvalue weighted by Crippen LogP contribution is 2.37. The number of hydrogen-bond donors (Lipinski definition) is 8. The largest absolute Gasteiger partial charge is 0.504 e. The quantitative estimate of drug-likeness (QED) is 0.0918. The highest BCUT2D eigenvalue weighted by Gasteiger charge is 2.51. The number of phenols is 1. The van der Waals surface area contributed by atoms with Crippen molar-refractivity contribution in [1.82, 2.24) is 0 Å². The van der Waals surface area contributed by atoms with Crippen molar-refractivity contribution in [3.05, 3.63) is 63.3 Å². The Hall–Kier alpha value is -4.34. The van der Waals surface area contributed by atoms with Gasteiger partial charge in [-0.15, -0.1) is 0 Å². The summed E-state index contributed by atoms with van der Waals surface area (Å²) in [6, 6.07) is 8.83. The van der Waals surface area contributed by atoms with Gasteiger partial charge in [0.1, 0.15) is 65.4 Å². The van der Waals surface area contributed by atoms with E-state index in [1.165, 1.54) is 43.5 Å². The van der Waals surface area contributed by atoms with Crippen LogP contribution in [0.15, 0.2) is 60.9 Å². The number of fused-ring (bicyclic) bond motifs is 2. The first kappa shape index (κ1) is 34.5. The van der Waals surface area contributed by atoms with E-state index in [0.717, 1.165) is 6.07 Å². The molecule has 4 aromatic rings. The van der Waals surface area contributed by atoms with Gasteiger partial charge in [-0.05, 0) is 18.2 Å². The molecule has 0 unspecified atom stereocenters. The van der Waals surface area contributed by atoms with E-state index in [0.29, 0.717) is 5.39 Å². The van der Waals surface area contributed by atoms with Crippen molar-refractivity contribution >= 4 is 21.9 Å². The Morgan fingerprint density at radius 2 is 1.39 bits per heavy atom. The van der Waals surface area contributed by atoms with Crippen LogP contribution >= 0.6 is 0 Å². The van der Waals surface area contributed by atoms with Gasteiger partial charge in [0.15, 0.2) is 23.9 Å². The van der Waals surface area contributed by atoms with E-state index in [1.54, 1.807) is 0 Å². The normalized spacial score (nSPS) is 30.4. The average molecular weight is 693 g/mol. The van der Waals surface area contributed by atoms with Gasteiger partial charge >= 0.3 is 11.3 Å². The Balaban J connectivity index is 1.37. The summed E-state index contributed by atoms with van der Waals surface area (Å²) in [6.07, 6.45) is -17.1. The lowest BCUT2D eigenvalue weighted by atomic mass is 9.97. The molecule has 2 aliphatic rings. The number of rotatable bonds is 9. The molecule has 2 aromatic carbocycles. The summed E-state index contributed by atoms with van der Waals surface area (Å²) >= 11 is 0. The minimum Gasteiger partial charge on any atom is -0.504 e. The molecule has 49 heavy (non-hydrogen) atoms. The lowest BCUT2D eigenvalue weighted by Gasteiger charge is -2.45. The molecule has 2 aliphatic heterocycles. The van der Waals surface area contributed by atoms with Crippen LogP contribution in [0.4, 0.5) is 0 Å². The van der Waals surface area contributed by atoms with Gasteiger partial charge in [0.2, 0.25) is 12.0 Å². The SMILES string of the molecule is COc1cc2cc(Oc3cc(O[C@@H]4O[C@H](CO)[C@@H](O)[C@H](O)[C@H]4O[C@@H]4O[C@H](CO)[C@@H](O)[C@H](O)[C@H]4O)c4ccc(=O)oc4c3)c(=O)oc2cc1O. The second-order valence-electron chi connectivity index (χ2n) is 11.3. The van der Waals surface area contributed by atoms with Crippen molar-refractivity contribution in [3.63, 3.8) is 0 Å². The highest BCUT2D eigenvalue weighted by atomic mass is 16.8. The molecule has 264 valence electrons. The zero-order valence-corrected chi connectivity index (χ0v) is 25.4. The van der Waals surface area contributed by atoms with Crippen LogP contribution in [0.1, 0.15) is 0 Å². The van der Waals surface area contributed by atoms with Crippen LogP contribution in [0.5, 0.6) is 28.7 Å². The summed E-state index contributed by atoms with van der Waals surface area (Å²) in [4.78, 5) is 24.9. The zero-order valence-electron chi connectivity index (χ0n) is 25.4. The fraction of sp³-hybridized carbons (Fsp3) is 0.419. The van der Waals surface area contributed by atoms with Gasteiger partial charge in [-0.2, -0.15) is 0 Å². The molecular weight excluding hydrogens is 660 g/mol. The van der Waals surface area contributed by atoms with Gasteiger partial charge in [0.25, 0.3) is 0 Å². The highest BCUT2D eigenvalue weighted by molar-refractivity contribution is 5.85. The van der Waals surface area contributed by atoms with Gasteiger partial charge in [0.05, 0.1) is 25.7 Å². The fourth-order valence-electron chi connectivity index (χ4n) is 5.51. The summed E-state index contributed by atoms with van der Waals surface area (Å²) < 4.78 is 44.4. The molecule has 0 amide bonds. The standard InChI is InChI=1S/C31H32O18/c1-42-18-4-11-5-19(29(41)45-15(11)8-14(18)34)43-12-6-16-13(2-3-22(35)44-16)17(7-12)46-31-28(26(39)24(37)21(10-33)48-31)49-30-27(40)25(38)23(36)20(9-32)47-30/h2-8,20-21,23-28,30-34,36-40H,9-10H2,1H3/t20-,21-,23-,24-,25+,26+,27-,28-,30+,31-/m1/s1. The molecule has 0 bridgehead atoms. The van der Waals surface area contributed by atoms with Crippen molar-refractivity contribution in [2.45, 2.75) is 61.4 Å². The van der Waals surface area contributed by atoms with Gasteiger partial charge in [-0.3, -0.25) is 0 Å². The van der Waals surface area contributed by atoms with Crippen molar-refractivity contribution in [2.75, 3.05) is 20.3 Å². The first-order valence-corrected chi connectivity index (χ1v) is 14.8. The van der Waals surface area contributed by atoms with Crippen molar-refractivity contribution < 1.29 is 78.1 Å². The van der Waals surface area contributed by atoms with Crippen LogP contribution in [0.2, 0.25) is 0 Å². The number of methoxy groups -OCH3 is 1. The maximum Gasteiger partial charge on any atom is 0.379 e. The van der Waals surface area contributed by atoms with E-state index in [2.05, 4.69) is 0 Å². The van der Waals surface area contributed by atoms with Crippen LogP contribution in [0.3, 0.4) is 0 Å². The number of phenolic OH excluding ortho intramolecular Hbond substituents is 1. The number of ether oxygens (including phenoxy) is 6. The Kier molecular flexibility index (Phi) is 9.78. The Morgan fingerprint density at radius 3 is 2.08 bits per heavy atom. The van der Waals surface area contributed by atoms with E-state index >= 15 is 0 Å². The number of aliphatic hydroxyl groups is 7. The predicted molar refractivity (Wildman–Crippen MR) is 160 cm³/mol. The van der Waals surface area contributed by atoms with E-state index in [4.69, 9.17) is 37.3 Å². The lowest BCUT2D eigenvalue weighted by Crippen LogP contribution is -2.65. The maximum atomic E-state index is 12.8. The Morgan fingerprint density at radius 1 is 0.714 bits per heavy atom. The molecule has 0 radical (unpaired) electrons. The molecular formula is C31H32O18. The van der Waals surface area contributed by atoms with Gasteiger partial charge in [0, 0.05) is 29.7 Å². The van der Waals surface area contributed by atoms with Crippen molar-refractivity contribution in [3.8, 4) is 28.7 Å². The summed E-state index contributed by atoms with van der Waals surface area (Å²) in [6.45, 7) is -1.57. The average Bonchev–Trinajstić information content (AvgIpc) is 3.07. The van der Waals surface area contributed by atoms with Gasteiger partial charge in [-0.1, -0.05) is 0 Å². The smallest absolute Gasteiger partial charge is 0.379 e. The lowest BCUT2D eigenvalue weighted by molar-refractivity contribution is -0.357. The first-order valence-electron chi connectivity index (χ1n) is 14.8. The first-order chi connectivity index (χ1) is 23.4.